The van der Waals surface area contributed by atoms with Gasteiger partial charge in [-0.2, -0.15) is 5.10 Å². The zero-order valence-corrected chi connectivity index (χ0v) is 7.01. The second kappa shape index (κ2) is 2.86. The van der Waals surface area contributed by atoms with Crippen LogP contribution in [0.3, 0.4) is 0 Å². The van der Waals surface area contributed by atoms with E-state index in [0.717, 1.165) is 11.3 Å². The number of nitrogens with zero attached hydrogens (tertiary/aromatic N) is 3. The summed E-state index contributed by atoms with van der Waals surface area (Å²) in [5.74, 6) is 0.668. The topological polar surface area (TPSA) is 53.9 Å². The van der Waals surface area contributed by atoms with E-state index in [4.69, 9.17) is 0 Å². The fourth-order valence-electron chi connectivity index (χ4n) is 0.933. The number of nitrogens with one attached hydrogen (secondary N) is 1. The maximum Gasteiger partial charge on any atom is 0.156 e. The van der Waals surface area contributed by atoms with Crippen LogP contribution in [0.25, 0.3) is 11.3 Å². The van der Waals surface area contributed by atoms with Gasteiger partial charge in [0.15, 0.2) is 5.82 Å². The molecule has 0 bridgehead atoms. The molecule has 1 N–H and O–H groups in total. The summed E-state index contributed by atoms with van der Waals surface area (Å²) in [7, 11) is 0. The molecule has 4 nitrogen and oxygen atoms in total. The maximum atomic E-state index is 4.14. The van der Waals surface area contributed by atoms with Gasteiger partial charge in [-0.05, 0) is 6.72 Å². The first-order valence-electron chi connectivity index (χ1n) is 3.30. The third kappa shape index (κ3) is 1.04. The lowest BCUT2D eigenvalue weighted by Gasteiger charge is -1.90. The molecule has 0 aliphatic rings. The fourth-order valence-corrected chi connectivity index (χ4v) is 1.48. The molecule has 0 unspecified atom stereocenters. The minimum Gasteiger partial charge on any atom is -0.261 e. The number of H-pyrrole nitrogens is 1. The molecule has 0 aromatic carbocycles. The highest BCUT2D eigenvalue weighted by atomic mass is 32.1. The number of rotatable bonds is 2. The van der Waals surface area contributed by atoms with E-state index < -0.39 is 0 Å². The lowest BCUT2D eigenvalue weighted by molar-refractivity contribution is 1.08. The van der Waals surface area contributed by atoms with E-state index in [1.165, 1.54) is 0 Å². The van der Waals surface area contributed by atoms with Crippen molar-refractivity contribution in [3.63, 3.8) is 0 Å². The third-order valence-electron chi connectivity index (χ3n) is 1.49. The summed E-state index contributed by atoms with van der Waals surface area (Å²) < 4.78 is 0. The van der Waals surface area contributed by atoms with E-state index in [0.29, 0.717) is 5.82 Å². The Hall–Kier alpha value is -1.49. The summed E-state index contributed by atoms with van der Waals surface area (Å²) >= 11 is 1.54. The van der Waals surface area contributed by atoms with Crippen LogP contribution in [0.1, 0.15) is 0 Å². The Morgan fingerprint density at radius 2 is 2.50 bits per heavy atom. The highest BCUT2D eigenvalue weighted by Crippen LogP contribution is 2.26. The monoisotopic (exact) mass is 178 g/mol. The van der Waals surface area contributed by atoms with Gasteiger partial charge in [0, 0.05) is 5.38 Å². The minimum atomic E-state index is 0.668. The van der Waals surface area contributed by atoms with Gasteiger partial charge < -0.3 is 0 Å². The molecule has 5 heteroatoms. The van der Waals surface area contributed by atoms with Crippen molar-refractivity contribution in [3.05, 3.63) is 17.1 Å². The Balaban J connectivity index is 2.53. The molecule has 2 rings (SSSR count). The van der Waals surface area contributed by atoms with Crippen LogP contribution in [-0.4, -0.2) is 21.9 Å². The van der Waals surface area contributed by atoms with Gasteiger partial charge in [-0.25, -0.2) is 9.98 Å². The van der Waals surface area contributed by atoms with Crippen LogP contribution in [0.15, 0.2) is 22.1 Å². The van der Waals surface area contributed by atoms with E-state index >= 15 is 0 Å². The molecule has 2 aromatic heterocycles. The predicted molar refractivity (Wildman–Crippen MR) is 48.9 cm³/mol. The summed E-state index contributed by atoms with van der Waals surface area (Å²) in [6, 6.07) is 0. The zero-order chi connectivity index (χ0) is 8.39. The first kappa shape index (κ1) is 7.17. The van der Waals surface area contributed by atoms with Crippen LogP contribution in [0, 0.1) is 0 Å². The summed E-state index contributed by atoms with van der Waals surface area (Å²) in [6.07, 6.45) is 1.69. The standard InChI is InChI=1S/C7H6N4S/c1-8-7-5(2-10-11-7)6-3-12-4-9-6/h2-4H,1H2,(H,10,11). The molecule has 60 valence electrons. The molecule has 0 radical (unpaired) electrons. The second-order valence-electron chi connectivity index (χ2n) is 2.16. The summed E-state index contributed by atoms with van der Waals surface area (Å²) in [6.45, 7) is 3.43. The van der Waals surface area contributed by atoms with Crippen molar-refractivity contribution in [1.29, 1.82) is 0 Å². The first-order chi connectivity index (χ1) is 5.92. The molecule has 0 fully saturated rings. The number of hydrogen-bond acceptors (Lipinski definition) is 4. The molecule has 0 spiro atoms. The Morgan fingerprint density at radius 3 is 3.17 bits per heavy atom. The average Bonchev–Trinajstić information content (AvgIpc) is 2.74. The molecule has 2 heterocycles. The fraction of sp³-hybridized carbons (Fsp3) is 0. The number of thiazole rings is 1. The van der Waals surface area contributed by atoms with Crippen molar-refractivity contribution in [2.45, 2.75) is 0 Å². The lowest BCUT2D eigenvalue weighted by Crippen LogP contribution is -1.72. The zero-order valence-electron chi connectivity index (χ0n) is 6.19. The molecule has 0 aliphatic heterocycles. The minimum absolute atomic E-state index is 0.668. The normalized spacial score (nSPS) is 10.0. The van der Waals surface area contributed by atoms with Crippen molar-refractivity contribution >= 4 is 23.9 Å². The van der Waals surface area contributed by atoms with Gasteiger partial charge in [0.2, 0.25) is 0 Å². The molecule has 0 saturated carbocycles. The van der Waals surface area contributed by atoms with Crippen LogP contribution in [-0.2, 0) is 0 Å². The van der Waals surface area contributed by atoms with Crippen molar-refractivity contribution in [3.8, 4) is 11.3 Å². The number of aromatic nitrogens is 3. The lowest BCUT2D eigenvalue weighted by atomic mass is 10.3. The highest BCUT2D eigenvalue weighted by molar-refractivity contribution is 7.07. The molecule has 0 aliphatic carbocycles. The Kier molecular flexibility index (Phi) is 1.71. The van der Waals surface area contributed by atoms with Crippen molar-refractivity contribution < 1.29 is 0 Å². The second-order valence-corrected chi connectivity index (χ2v) is 2.88. The number of aromatic amines is 1. The SMILES string of the molecule is C=Nc1[nH]ncc1-c1cscn1. The number of aliphatic imine (C=N–C) groups is 1. The van der Waals surface area contributed by atoms with Crippen LogP contribution in [0.4, 0.5) is 5.82 Å². The van der Waals surface area contributed by atoms with Gasteiger partial charge in [0.05, 0.1) is 23.0 Å². The van der Waals surface area contributed by atoms with E-state index in [1.807, 2.05) is 5.38 Å². The van der Waals surface area contributed by atoms with Crippen LogP contribution in [0.2, 0.25) is 0 Å². The van der Waals surface area contributed by atoms with Gasteiger partial charge in [0.1, 0.15) is 0 Å². The van der Waals surface area contributed by atoms with E-state index in [1.54, 1.807) is 23.0 Å². The Bertz CT molecular complexity index is 376. The summed E-state index contributed by atoms with van der Waals surface area (Å²) in [5, 5.41) is 8.53. The van der Waals surface area contributed by atoms with Crippen LogP contribution >= 0.6 is 11.3 Å². The van der Waals surface area contributed by atoms with E-state index in [9.17, 15) is 0 Å². The van der Waals surface area contributed by atoms with Gasteiger partial charge >= 0.3 is 0 Å². The molecule has 0 atom stereocenters. The first-order valence-corrected chi connectivity index (χ1v) is 4.25. The van der Waals surface area contributed by atoms with Gasteiger partial charge in [-0.3, -0.25) is 5.10 Å². The maximum absolute atomic E-state index is 4.14. The van der Waals surface area contributed by atoms with E-state index in [-0.39, 0.29) is 0 Å². The Labute approximate surface area is 73.0 Å². The Morgan fingerprint density at radius 1 is 1.58 bits per heavy atom. The molecular weight excluding hydrogens is 172 g/mol. The summed E-state index contributed by atoms with van der Waals surface area (Å²) in [4.78, 5) is 7.92. The summed E-state index contributed by atoms with van der Waals surface area (Å²) in [5.41, 5.74) is 3.55. The van der Waals surface area contributed by atoms with Gasteiger partial charge in [-0.15, -0.1) is 11.3 Å². The van der Waals surface area contributed by atoms with Crippen molar-refractivity contribution in [1.82, 2.24) is 15.2 Å². The molecule has 0 amide bonds. The molecule has 2 aromatic rings. The highest BCUT2D eigenvalue weighted by Gasteiger charge is 2.06. The van der Waals surface area contributed by atoms with Crippen LogP contribution < -0.4 is 0 Å². The average molecular weight is 178 g/mol. The largest absolute Gasteiger partial charge is 0.261 e. The quantitative estimate of drug-likeness (QED) is 0.713. The molecule has 12 heavy (non-hydrogen) atoms. The van der Waals surface area contributed by atoms with Crippen LogP contribution in [0.5, 0.6) is 0 Å². The smallest absolute Gasteiger partial charge is 0.156 e. The van der Waals surface area contributed by atoms with E-state index in [2.05, 4.69) is 26.9 Å². The van der Waals surface area contributed by atoms with Gasteiger partial charge in [-0.1, -0.05) is 0 Å². The predicted octanol–water partition coefficient (Wildman–Crippen LogP) is 1.87. The molecular formula is C7H6N4S. The third-order valence-corrected chi connectivity index (χ3v) is 2.07. The number of hydrogen-bond donors (Lipinski definition) is 1. The van der Waals surface area contributed by atoms with Gasteiger partial charge in [0.25, 0.3) is 0 Å². The molecule has 0 saturated heterocycles. The van der Waals surface area contributed by atoms with Crippen molar-refractivity contribution in [2.24, 2.45) is 4.99 Å². The van der Waals surface area contributed by atoms with Crippen molar-refractivity contribution in [2.75, 3.05) is 0 Å².